The van der Waals surface area contributed by atoms with Crippen molar-refractivity contribution in [3.8, 4) is 5.88 Å². The van der Waals surface area contributed by atoms with E-state index >= 15 is 0 Å². The molecule has 2 aromatic heterocycles. The van der Waals surface area contributed by atoms with E-state index in [1.165, 1.54) is 29.2 Å². The Morgan fingerprint density at radius 2 is 1.89 bits per heavy atom. The van der Waals surface area contributed by atoms with Crippen molar-refractivity contribution in [3.63, 3.8) is 0 Å². The van der Waals surface area contributed by atoms with Crippen LogP contribution >= 0.6 is 0 Å². The number of allylic oxidation sites excluding steroid dienone is 1. The third-order valence-electron chi connectivity index (χ3n) is 10.7. The Labute approximate surface area is 305 Å². The Kier molecular flexibility index (Phi) is 9.49. The lowest BCUT2D eigenvalue weighted by atomic mass is 10.0. The van der Waals surface area contributed by atoms with Crippen LogP contribution in [0.15, 0.2) is 40.9 Å². The zero-order chi connectivity index (χ0) is 37.7. The summed E-state index contributed by atoms with van der Waals surface area (Å²) >= 11 is 0. The first-order valence-electron chi connectivity index (χ1n) is 17.9. The monoisotopic (exact) mass is 751 g/mol. The maximum Gasteiger partial charge on any atom is 0.274 e. The number of halogens is 1. The normalized spacial score (nSPS) is 27.7. The Morgan fingerprint density at radius 1 is 1.09 bits per heavy atom. The maximum atomic E-state index is 14.5. The molecule has 4 amide bonds. The number of aryl methyl sites for hydroxylation is 2. The molecule has 5 atom stereocenters. The fourth-order valence-corrected chi connectivity index (χ4v) is 8.33. The van der Waals surface area contributed by atoms with Crippen molar-refractivity contribution >= 4 is 44.7 Å². The number of hydrogen-bond donors (Lipinski definition) is 3. The second kappa shape index (κ2) is 13.8. The van der Waals surface area contributed by atoms with Crippen LogP contribution < -0.4 is 20.1 Å². The first kappa shape index (κ1) is 36.4. The van der Waals surface area contributed by atoms with Crippen LogP contribution in [0.1, 0.15) is 86.7 Å². The molecule has 0 spiro atoms. The predicted octanol–water partition coefficient (Wildman–Crippen LogP) is 2.91. The van der Waals surface area contributed by atoms with E-state index in [0.29, 0.717) is 42.7 Å². The first-order valence-corrected chi connectivity index (χ1v) is 19.4. The largest absolute Gasteiger partial charge is 0.471 e. The van der Waals surface area contributed by atoms with Gasteiger partial charge in [0.15, 0.2) is 5.69 Å². The molecule has 2 aliphatic carbocycles. The summed E-state index contributed by atoms with van der Waals surface area (Å²) < 4.78 is 52.7. The van der Waals surface area contributed by atoms with Crippen LogP contribution in [0.25, 0.3) is 11.0 Å². The molecule has 0 bridgehead atoms. The number of benzene rings is 1. The topological polar surface area (TPSA) is 203 Å². The number of nitrogens with one attached hydrogen (secondary N) is 3. The highest BCUT2D eigenvalue weighted by atomic mass is 32.2. The highest BCUT2D eigenvalue weighted by molar-refractivity contribution is 7.91. The molecule has 53 heavy (non-hydrogen) atoms. The first-order chi connectivity index (χ1) is 25.2. The molecule has 1 saturated heterocycles. The van der Waals surface area contributed by atoms with Crippen molar-refractivity contribution in [1.29, 1.82) is 0 Å². The third-order valence-corrected chi connectivity index (χ3v) is 12.8. The van der Waals surface area contributed by atoms with Crippen LogP contribution in [0.2, 0.25) is 0 Å². The lowest BCUT2D eigenvalue weighted by Gasteiger charge is -2.30. The molecule has 2 aliphatic heterocycles. The van der Waals surface area contributed by atoms with Crippen molar-refractivity contribution < 1.29 is 41.2 Å². The molecule has 7 rings (SSSR count). The number of hydrogen-bond acceptors (Lipinski definition) is 11. The van der Waals surface area contributed by atoms with Crippen molar-refractivity contribution in [1.82, 2.24) is 35.4 Å². The SMILES string of the molecule is Cc1cc(C(=O)N[C@H]2CCCCC/C=C\[C@@H]3C[C@@]3(C(=O)NS(=O)(=O)C3(C)CC3)NC(=O)[C@@H]3C[C@@H](Oc4nc5cc(F)ccc5nc4C)CN3C2=O)no1. The highest BCUT2D eigenvalue weighted by Crippen LogP contribution is 2.47. The van der Waals surface area contributed by atoms with Gasteiger partial charge < -0.3 is 24.8 Å². The number of carbonyl (C=O) groups excluding carboxylic acids is 4. The van der Waals surface area contributed by atoms with E-state index in [1.54, 1.807) is 20.8 Å². The smallest absolute Gasteiger partial charge is 0.274 e. The van der Waals surface area contributed by atoms with Gasteiger partial charge >= 0.3 is 0 Å². The van der Waals surface area contributed by atoms with E-state index in [0.717, 1.165) is 12.8 Å². The minimum absolute atomic E-state index is 0.00205. The minimum atomic E-state index is -4.01. The summed E-state index contributed by atoms with van der Waals surface area (Å²) in [6.45, 7) is 4.79. The van der Waals surface area contributed by atoms with Crippen LogP contribution in [-0.4, -0.2) is 87.1 Å². The highest BCUT2D eigenvalue weighted by Gasteiger charge is 2.63. The number of ether oxygens (including phenoxy) is 1. The molecule has 3 aromatic rings. The van der Waals surface area contributed by atoms with Crippen LogP contribution in [0.5, 0.6) is 5.88 Å². The van der Waals surface area contributed by atoms with Gasteiger partial charge in [0.2, 0.25) is 27.7 Å². The van der Waals surface area contributed by atoms with Gasteiger partial charge in [-0.2, -0.15) is 0 Å². The molecule has 4 heterocycles. The summed E-state index contributed by atoms with van der Waals surface area (Å²) in [5, 5.41) is 9.39. The second-order valence-electron chi connectivity index (χ2n) is 14.8. The van der Waals surface area contributed by atoms with E-state index in [9.17, 15) is 32.0 Å². The number of fused-ring (bicyclic) bond motifs is 3. The average Bonchev–Trinajstić information content (AvgIpc) is 3.91. The molecule has 0 radical (unpaired) electrons. The van der Waals surface area contributed by atoms with Crippen LogP contribution in [0, 0.1) is 25.6 Å². The van der Waals surface area contributed by atoms with Gasteiger partial charge in [-0.25, -0.2) is 22.8 Å². The standard InChI is InChI=1S/C36H42FN7O8S/c1-20-15-28(42-52-20)30(45)39-26-10-8-6-4-5-7-9-22-18-36(22,34(48)43-53(49,50)35(3)13-14-35)41-31(46)29-17-24(19-44(29)33(26)47)51-32-21(2)38-25-12-11-23(37)16-27(25)40-32/h7,9,11-12,15-16,22,24,26,29H,4-6,8,10,13-14,17-19H2,1-3H3,(H,39,45)(H,41,46)(H,43,48)/b9-7-/t22-,24-,26+,29+,36-/m1/s1. The average molecular weight is 752 g/mol. The van der Waals surface area contributed by atoms with E-state index in [2.05, 4.69) is 30.5 Å². The zero-order valence-corrected chi connectivity index (χ0v) is 30.5. The molecule has 4 aliphatic rings. The molecule has 3 fully saturated rings. The van der Waals surface area contributed by atoms with Crippen LogP contribution in [0.4, 0.5) is 4.39 Å². The molecular formula is C36H42FN7O8S. The van der Waals surface area contributed by atoms with E-state index in [1.807, 2.05) is 12.2 Å². The van der Waals surface area contributed by atoms with Gasteiger partial charge in [-0.15, -0.1) is 0 Å². The summed E-state index contributed by atoms with van der Waals surface area (Å²) in [6.07, 6.45) is 6.96. The number of aromatic nitrogens is 3. The molecule has 0 unspecified atom stereocenters. The van der Waals surface area contributed by atoms with Gasteiger partial charge in [-0.05, 0) is 71.4 Å². The Balaban J connectivity index is 1.20. The van der Waals surface area contributed by atoms with Crippen molar-refractivity contribution in [2.75, 3.05) is 6.54 Å². The molecule has 15 nitrogen and oxygen atoms in total. The van der Waals surface area contributed by atoms with Crippen molar-refractivity contribution in [3.05, 3.63) is 59.4 Å². The number of amides is 4. The summed E-state index contributed by atoms with van der Waals surface area (Å²) in [4.78, 5) is 66.1. The lowest BCUT2D eigenvalue weighted by Crippen LogP contribution is -2.58. The van der Waals surface area contributed by atoms with Crippen LogP contribution in [0.3, 0.4) is 0 Å². The van der Waals surface area contributed by atoms with Crippen LogP contribution in [-0.2, 0) is 24.4 Å². The number of rotatable bonds is 7. The van der Waals surface area contributed by atoms with E-state index in [4.69, 9.17) is 9.26 Å². The Hall–Kier alpha value is -4.93. The summed E-state index contributed by atoms with van der Waals surface area (Å²) in [5.74, 6) is -3.14. The molecule has 1 aromatic carbocycles. The van der Waals surface area contributed by atoms with Gasteiger partial charge in [0.25, 0.3) is 11.8 Å². The van der Waals surface area contributed by atoms with Crippen molar-refractivity contribution in [2.24, 2.45) is 5.92 Å². The fraction of sp³-hybridized carbons (Fsp3) is 0.528. The predicted molar refractivity (Wildman–Crippen MR) is 187 cm³/mol. The Morgan fingerprint density at radius 3 is 2.62 bits per heavy atom. The van der Waals surface area contributed by atoms with Crippen molar-refractivity contribution in [2.45, 2.75) is 107 Å². The van der Waals surface area contributed by atoms with Gasteiger partial charge in [0, 0.05) is 24.5 Å². The number of nitrogens with zero attached hydrogens (tertiary/aromatic N) is 4. The molecule has 17 heteroatoms. The quantitative estimate of drug-likeness (QED) is 0.300. The lowest BCUT2D eigenvalue weighted by molar-refractivity contribution is -0.141. The summed E-state index contributed by atoms with van der Waals surface area (Å²) in [6, 6.07) is 3.23. The van der Waals surface area contributed by atoms with Gasteiger partial charge in [0.05, 0.1) is 22.3 Å². The fourth-order valence-electron chi connectivity index (χ4n) is 7.02. The Bertz CT molecular complexity index is 2120. The maximum absolute atomic E-state index is 14.5. The number of sulfonamides is 1. The summed E-state index contributed by atoms with van der Waals surface area (Å²) in [7, 11) is -4.01. The van der Waals surface area contributed by atoms with Gasteiger partial charge in [-0.3, -0.25) is 23.9 Å². The summed E-state index contributed by atoms with van der Waals surface area (Å²) in [5.41, 5.74) is -0.430. The molecular weight excluding hydrogens is 710 g/mol. The second-order valence-corrected chi connectivity index (χ2v) is 17.0. The molecule has 2 saturated carbocycles. The molecule has 282 valence electrons. The molecule has 3 N–H and O–H groups in total. The van der Waals surface area contributed by atoms with E-state index < -0.39 is 73.9 Å². The zero-order valence-electron chi connectivity index (χ0n) is 29.7. The van der Waals surface area contributed by atoms with Gasteiger partial charge in [-0.1, -0.05) is 30.2 Å². The number of carbonyl (C=O) groups is 4. The third kappa shape index (κ3) is 7.35. The minimum Gasteiger partial charge on any atom is -0.471 e. The van der Waals surface area contributed by atoms with E-state index in [-0.39, 0.29) is 42.9 Å². The van der Waals surface area contributed by atoms with Gasteiger partial charge in [0.1, 0.15) is 41.0 Å².